The number of nitrogens with zero attached hydrogens (tertiary/aromatic N) is 4. The van der Waals surface area contributed by atoms with Gasteiger partial charge in [0.15, 0.2) is 9.88 Å². The average Bonchev–Trinajstić information content (AvgIpc) is 3.62. The Labute approximate surface area is 284 Å². The first kappa shape index (κ1) is 34.1. The number of carboxylic acid groups (broad SMARTS) is 2. The fourth-order valence-corrected chi connectivity index (χ4v) is 8.91. The third kappa shape index (κ3) is 6.27. The van der Waals surface area contributed by atoms with E-state index in [-0.39, 0.29) is 64.8 Å². The van der Waals surface area contributed by atoms with Crippen LogP contribution in [-0.4, -0.2) is 112 Å². The predicted octanol–water partition coefficient (Wildman–Crippen LogP) is 1.68. The Morgan fingerprint density at radius 2 is 1.85 bits per heavy atom. The summed E-state index contributed by atoms with van der Waals surface area (Å²) in [6, 6.07) is 4.47. The van der Waals surface area contributed by atoms with Crippen molar-refractivity contribution in [3.63, 3.8) is 0 Å². The van der Waals surface area contributed by atoms with Gasteiger partial charge in [-0.3, -0.25) is 33.8 Å². The molecule has 3 N–H and O–H groups in total. The quantitative estimate of drug-likeness (QED) is 0.0833. The number of aromatic nitrogens is 2. The first-order valence-corrected chi connectivity index (χ1v) is 17.3. The minimum atomic E-state index is -1.71. The highest BCUT2D eigenvalue weighted by Gasteiger charge is 2.64. The van der Waals surface area contributed by atoms with Crippen molar-refractivity contribution < 1.29 is 48.5 Å². The number of hydrogen-bond acceptors (Lipinski definition) is 14. The molecule has 3 aliphatic rings. The van der Waals surface area contributed by atoms with Crippen LogP contribution in [0.4, 0.5) is 0 Å². The number of β-lactam (4-membered cyclic amide) rings is 1. The number of esters is 1. The monoisotopic (exact) mass is 719 g/mol. The van der Waals surface area contributed by atoms with Crippen molar-refractivity contribution in [1.82, 2.24) is 25.3 Å². The molecule has 246 valence electrons. The molecule has 3 aliphatic heterocycles. The molecule has 1 aromatic heterocycles. The summed E-state index contributed by atoms with van der Waals surface area (Å²) in [7, 11) is 0. The molecule has 0 spiro atoms. The third-order valence-electron chi connectivity index (χ3n) is 7.43. The van der Waals surface area contributed by atoms with E-state index in [1.54, 1.807) is 19.1 Å². The number of benzene rings is 1. The number of ether oxygens (including phenoxy) is 1. The maximum atomic E-state index is 13.5. The largest absolute Gasteiger partial charge is 0.480 e. The average molecular weight is 720 g/mol. The number of thioether (sulfide) groups is 2. The fourth-order valence-electron chi connectivity index (χ4n) is 5.31. The molecule has 5 rings (SSSR count). The van der Waals surface area contributed by atoms with Gasteiger partial charge in [-0.25, -0.2) is 9.59 Å². The van der Waals surface area contributed by atoms with E-state index in [4.69, 9.17) is 17.0 Å². The summed E-state index contributed by atoms with van der Waals surface area (Å²) in [6.45, 7) is 1.91. The van der Waals surface area contributed by atoms with Gasteiger partial charge in [-0.15, -0.1) is 22.0 Å². The number of carbonyl (C=O) groups excluding carboxylic acids is 5. The Balaban J connectivity index is 1.24. The highest BCUT2D eigenvalue weighted by atomic mass is 32.2. The maximum Gasteiger partial charge on any atom is 0.353 e. The topological polar surface area (TPSA) is 213 Å². The molecular weight excluding hydrogens is 695 g/mol. The predicted molar refractivity (Wildman–Crippen MR) is 172 cm³/mol. The van der Waals surface area contributed by atoms with Gasteiger partial charge >= 0.3 is 17.9 Å². The molecule has 1 saturated heterocycles. The van der Waals surface area contributed by atoms with Gasteiger partial charge in [0.2, 0.25) is 5.91 Å². The molecule has 4 heterocycles. The number of carboxylic acids is 2. The number of aliphatic carboxylic acids is 2. The number of nitrogens with one attached hydrogen (secondary N) is 1. The summed E-state index contributed by atoms with van der Waals surface area (Å²) >= 11 is 8.44. The number of hydrogen-bond donors (Lipinski definition) is 3. The first-order valence-electron chi connectivity index (χ1n) is 14.0. The number of fused-ring (bicyclic) bond motifs is 2. The van der Waals surface area contributed by atoms with Crippen LogP contribution < -0.4 is 5.32 Å². The van der Waals surface area contributed by atoms with E-state index in [1.165, 1.54) is 12.1 Å². The lowest BCUT2D eigenvalue weighted by molar-refractivity contribution is -0.153. The lowest BCUT2D eigenvalue weighted by Crippen LogP contribution is -2.80. The standard InChI is InChI=1S/C28H25N5O10S4/c1-2-43-18(35)11-46-27-31-30-20(47-27)15-10-45-26-28(12-44,25(42)33(26)19(15)24(40)41)29-17(34)9-5-8-16(23(38)39)32-21(36)13-6-3-4-7-14(13)22(32)37/h3-4,6-7,12,16,26H,2,5,8-11H2,1H3,(H,29,34)(H,38,39)(H,40,41)/t16?,26-,28+/m0/s1. The molecule has 1 aromatic carbocycles. The van der Waals surface area contributed by atoms with E-state index in [0.29, 0.717) is 9.24 Å². The van der Waals surface area contributed by atoms with E-state index in [2.05, 4.69) is 15.5 Å². The van der Waals surface area contributed by atoms with Crippen LogP contribution in [0.3, 0.4) is 0 Å². The van der Waals surface area contributed by atoms with Gasteiger partial charge in [0, 0.05) is 23.1 Å². The second-order valence-corrected chi connectivity index (χ2v) is 13.7. The van der Waals surface area contributed by atoms with Gasteiger partial charge in [0.05, 0.1) is 23.5 Å². The minimum Gasteiger partial charge on any atom is -0.480 e. The summed E-state index contributed by atoms with van der Waals surface area (Å²) in [4.78, 5) is 89.9. The lowest BCUT2D eigenvalue weighted by Gasteiger charge is -2.55. The van der Waals surface area contributed by atoms with Crippen molar-refractivity contribution in [2.75, 3.05) is 18.1 Å². The number of thiocarbonyl (C=S) groups is 1. The van der Waals surface area contributed by atoms with Crippen LogP contribution in [0, 0.1) is 0 Å². The van der Waals surface area contributed by atoms with Crippen molar-refractivity contribution in [3.05, 3.63) is 46.1 Å². The number of carbonyl (C=O) groups is 7. The highest BCUT2D eigenvalue weighted by Crippen LogP contribution is 2.48. The van der Waals surface area contributed by atoms with Crippen LogP contribution in [0.2, 0.25) is 0 Å². The summed E-state index contributed by atoms with van der Waals surface area (Å²) in [6.07, 6.45) is -0.557. The van der Waals surface area contributed by atoms with Crippen LogP contribution in [0.5, 0.6) is 0 Å². The Morgan fingerprint density at radius 3 is 2.45 bits per heavy atom. The fraction of sp³-hybridized carbons (Fsp3) is 0.357. The van der Waals surface area contributed by atoms with Crippen molar-refractivity contribution in [2.24, 2.45) is 0 Å². The van der Waals surface area contributed by atoms with Gasteiger partial charge in [0.1, 0.15) is 22.1 Å². The molecule has 1 unspecified atom stereocenters. The Hall–Kier alpha value is -4.20. The zero-order chi connectivity index (χ0) is 34.0. The maximum absolute atomic E-state index is 13.5. The molecule has 0 aliphatic carbocycles. The normalized spacial score (nSPS) is 20.7. The molecule has 1 fully saturated rings. The molecule has 0 bridgehead atoms. The minimum absolute atomic E-state index is 0.00857. The second-order valence-electron chi connectivity index (χ2n) is 10.2. The van der Waals surface area contributed by atoms with Crippen molar-refractivity contribution >= 4 is 99.6 Å². The van der Waals surface area contributed by atoms with Crippen LogP contribution in [0.1, 0.15) is 51.9 Å². The zero-order valence-corrected chi connectivity index (χ0v) is 27.6. The van der Waals surface area contributed by atoms with Gasteiger partial charge in [-0.2, -0.15) is 0 Å². The van der Waals surface area contributed by atoms with Crippen molar-refractivity contribution in [1.29, 1.82) is 0 Å². The van der Waals surface area contributed by atoms with E-state index in [1.807, 2.05) is 0 Å². The third-order valence-corrected chi connectivity index (χ3v) is 11.2. The number of amides is 4. The van der Waals surface area contributed by atoms with E-state index < -0.39 is 58.5 Å². The van der Waals surface area contributed by atoms with Gasteiger partial charge in [0.25, 0.3) is 17.7 Å². The van der Waals surface area contributed by atoms with Crippen molar-refractivity contribution in [2.45, 2.75) is 47.5 Å². The molecule has 15 nitrogen and oxygen atoms in total. The Bertz CT molecular complexity index is 1710. The zero-order valence-electron chi connectivity index (χ0n) is 24.4. The van der Waals surface area contributed by atoms with Crippen LogP contribution in [0.25, 0.3) is 5.57 Å². The SMILES string of the molecule is CCOC(=O)CSc1nnc(C2=C(C(=O)O)N3C(=O)[C@@](C=S)(NC(=O)CCCC(C(=O)O)N4C(=O)c5ccccc5C4=O)[C@@H]3SC2)s1. The summed E-state index contributed by atoms with van der Waals surface area (Å²) in [5, 5.41) is 31.0. The lowest BCUT2D eigenvalue weighted by atomic mass is 9.87. The molecule has 2 aromatic rings. The van der Waals surface area contributed by atoms with Gasteiger partial charge in [-0.05, 0) is 31.9 Å². The molecule has 3 atom stereocenters. The summed E-state index contributed by atoms with van der Waals surface area (Å²) < 4.78 is 5.29. The summed E-state index contributed by atoms with van der Waals surface area (Å²) in [5.74, 6) is -6.08. The molecule has 0 radical (unpaired) electrons. The smallest absolute Gasteiger partial charge is 0.353 e. The number of rotatable bonds is 14. The number of imide groups is 1. The highest BCUT2D eigenvalue weighted by molar-refractivity contribution is 8.01. The Morgan fingerprint density at radius 1 is 1.17 bits per heavy atom. The van der Waals surface area contributed by atoms with Crippen LogP contribution in [-0.2, 0) is 28.7 Å². The van der Waals surface area contributed by atoms with E-state index >= 15 is 0 Å². The first-order chi connectivity index (χ1) is 22.4. The second kappa shape index (κ2) is 13.9. The molecule has 47 heavy (non-hydrogen) atoms. The summed E-state index contributed by atoms with van der Waals surface area (Å²) in [5.41, 5.74) is -1.60. The van der Waals surface area contributed by atoms with Crippen molar-refractivity contribution in [3.8, 4) is 0 Å². The molecule has 4 amide bonds. The van der Waals surface area contributed by atoms with Gasteiger partial charge in [-0.1, -0.05) is 47.4 Å². The van der Waals surface area contributed by atoms with E-state index in [9.17, 15) is 43.8 Å². The van der Waals surface area contributed by atoms with Crippen LogP contribution >= 0.6 is 47.1 Å². The van der Waals surface area contributed by atoms with Crippen LogP contribution in [0.15, 0.2) is 34.3 Å². The molecule has 19 heteroatoms. The molecular formula is C28H25N5O10S4. The van der Waals surface area contributed by atoms with Gasteiger partial charge < -0.3 is 20.3 Å². The Kier molecular flexibility index (Phi) is 10.1. The molecule has 0 saturated carbocycles. The van der Waals surface area contributed by atoms with E-state index in [0.717, 1.165) is 45.1 Å².